The van der Waals surface area contributed by atoms with Crippen LogP contribution in [0.2, 0.25) is 0 Å². The van der Waals surface area contributed by atoms with E-state index in [2.05, 4.69) is 0 Å². The molecule has 0 bridgehead atoms. The van der Waals surface area contributed by atoms with Gasteiger partial charge in [0.15, 0.2) is 0 Å². The Balaban J connectivity index is 1.71. The van der Waals surface area contributed by atoms with Gasteiger partial charge in [-0.3, -0.25) is 29.0 Å². The lowest BCUT2D eigenvalue weighted by Crippen LogP contribution is -2.38. The SMILES string of the molecule is O=C1CCCCCCCN1C(=O)c1ccc(C(=O)N2CCCCCCCC2=O)cc1. The second-order valence-electron chi connectivity index (χ2n) is 8.31. The van der Waals surface area contributed by atoms with E-state index in [4.69, 9.17) is 0 Å². The Morgan fingerprint density at radius 1 is 0.533 bits per heavy atom. The first-order valence-corrected chi connectivity index (χ1v) is 11.4. The second kappa shape index (κ2) is 11.0. The highest BCUT2D eigenvalue weighted by Crippen LogP contribution is 2.18. The van der Waals surface area contributed by atoms with Crippen LogP contribution in [0.25, 0.3) is 0 Å². The van der Waals surface area contributed by atoms with E-state index in [-0.39, 0.29) is 23.6 Å². The molecule has 0 radical (unpaired) electrons. The Hall–Kier alpha value is -2.50. The minimum absolute atomic E-state index is 0.121. The number of imide groups is 2. The maximum atomic E-state index is 12.9. The van der Waals surface area contributed by atoms with Crippen molar-refractivity contribution in [1.29, 1.82) is 0 Å². The van der Waals surface area contributed by atoms with E-state index in [0.29, 0.717) is 37.1 Å². The highest BCUT2D eigenvalue weighted by atomic mass is 16.2. The van der Waals surface area contributed by atoms with Gasteiger partial charge in [-0.2, -0.15) is 0 Å². The Morgan fingerprint density at radius 2 is 0.867 bits per heavy atom. The standard InChI is InChI=1S/C24H32N2O4/c27-21-11-7-3-1-5-9-17-25(21)23(29)19-13-15-20(16-14-19)24(30)26-18-10-6-2-4-8-12-22(26)28/h13-16H,1-12,17-18H2. The first-order chi connectivity index (χ1) is 14.6. The Kier molecular flexibility index (Phi) is 8.17. The molecular formula is C24H32N2O4. The second-order valence-corrected chi connectivity index (χ2v) is 8.31. The van der Waals surface area contributed by atoms with Crippen LogP contribution < -0.4 is 0 Å². The summed E-state index contributed by atoms with van der Waals surface area (Å²) in [4.78, 5) is 53.4. The summed E-state index contributed by atoms with van der Waals surface area (Å²) in [5, 5.41) is 0. The summed E-state index contributed by atoms with van der Waals surface area (Å²) >= 11 is 0. The summed E-state index contributed by atoms with van der Waals surface area (Å²) in [7, 11) is 0. The number of benzene rings is 1. The van der Waals surface area contributed by atoms with Crippen molar-refractivity contribution >= 4 is 23.6 Å². The predicted molar refractivity (Wildman–Crippen MR) is 114 cm³/mol. The molecule has 0 aliphatic carbocycles. The van der Waals surface area contributed by atoms with Gasteiger partial charge < -0.3 is 0 Å². The molecule has 6 nitrogen and oxygen atoms in total. The molecule has 30 heavy (non-hydrogen) atoms. The van der Waals surface area contributed by atoms with E-state index in [9.17, 15) is 19.2 Å². The van der Waals surface area contributed by atoms with Crippen molar-refractivity contribution in [2.45, 2.75) is 77.0 Å². The number of hydrogen-bond donors (Lipinski definition) is 0. The molecule has 0 atom stereocenters. The summed E-state index contributed by atoms with van der Waals surface area (Å²) in [6.45, 7) is 0.890. The summed E-state index contributed by atoms with van der Waals surface area (Å²) in [6, 6.07) is 6.37. The van der Waals surface area contributed by atoms with E-state index < -0.39 is 0 Å². The Morgan fingerprint density at radius 3 is 1.27 bits per heavy atom. The third-order valence-corrected chi connectivity index (χ3v) is 6.02. The van der Waals surface area contributed by atoms with Crippen LogP contribution in [0, 0.1) is 0 Å². The zero-order valence-corrected chi connectivity index (χ0v) is 17.7. The van der Waals surface area contributed by atoms with Crippen LogP contribution in [-0.2, 0) is 9.59 Å². The number of hydrogen-bond acceptors (Lipinski definition) is 4. The smallest absolute Gasteiger partial charge is 0.260 e. The van der Waals surface area contributed by atoms with E-state index in [1.807, 2.05) is 0 Å². The van der Waals surface area contributed by atoms with E-state index in [0.717, 1.165) is 64.2 Å². The molecule has 3 rings (SSSR count). The van der Waals surface area contributed by atoms with Gasteiger partial charge in [-0.1, -0.05) is 38.5 Å². The minimum Gasteiger partial charge on any atom is -0.279 e. The number of amides is 4. The quantitative estimate of drug-likeness (QED) is 0.678. The first kappa shape index (κ1) is 22.2. The molecule has 162 valence electrons. The van der Waals surface area contributed by atoms with E-state index >= 15 is 0 Å². The molecule has 0 spiro atoms. The zero-order chi connectivity index (χ0) is 21.3. The average Bonchev–Trinajstić information content (AvgIpc) is 2.93. The molecule has 4 amide bonds. The topological polar surface area (TPSA) is 74.8 Å². The van der Waals surface area contributed by atoms with Gasteiger partial charge in [0.25, 0.3) is 11.8 Å². The molecule has 6 heteroatoms. The molecule has 0 aromatic heterocycles. The Bertz CT molecular complexity index is 707. The summed E-state index contributed by atoms with van der Waals surface area (Å²) in [5.74, 6) is -0.854. The number of carbonyl (C=O) groups is 4. The average molecular weight is 413 g/mol. The monoisotopic (exact) mass is 412 g/mol. The van der Waals surface area contributed by atoms with Crippen molar-refractivity contribution in [3.05, 3.63) is 35.4 Å². The van der Waals surface area contributed by atoms with Crippen LogP contribution in [0.5, 0.6) is 0 Å². The highest BCUT2D eigenvalue weighted by Gasteiger charge is 2.25. The van der Waals surface area contributed by atoms with Gasteiger partial charge in [0, 0.05) is 37.1 Å². The molecule has 0 saturated carbocycles. The molecule has 2 saturated heterocycles. The third-order valence-electron chi connectivity index (χ3n) is 6.02. The van der Waals surface area contributed by atoms with Gasteiger partial charge in [0.05, 0.1) is 0 Å². The van der Waals surface area contributed by atoms with Gasteiger partial charge in [0.2, 0.25) is 11.8 Å². The first-order valence-electron chi connectivity index (χ1n) is 11.4. The van der Waals surface area contributed by atoms with Crippen molar-refractivity contribution in [3.8, 4) is 0 Å². The van der Waals surface area contributed by atoms with Crippen LogP contribution in [0.15, 0.2) is 24.3 Å². The van der Waals surface area contributed by atoms with Crippen molar-refractivity contribution in [3.63, 3.8) is 0 Å². The number of rotatable bonds is 2. The third kappa shape index (κ3) is 5.77. The van der Waals surface area contributed by atoms with Crippen molar-refractivity contribution in [2.24, 2.45) is 0 Å². The molecule has 1 aromatic carbocycles. The highest BCUT2D eigenvalue weighted by molar-refractivity contribution is 6.07. The zero-order valence-electron chi connectivity index (χ0n) is 17.7. The van der Waals surface area contributed by atoms with Gasteiger partial charge in [-0.05, 0) is 49.9 Å². The van der Waals surface area contributed by atoms with Crippen molar-refractivity contribution in [2.75, 3.05) is 13.1 Å². The lowest BCUT2D eigenvalue weighted by Gasteiger charge is -2.21. The molecule has 2 fully saturated rings. The maximum absolute atomic E-state index is 12.9. The Labute approximate surface area is 178 Å². The van der Waals surface area contributed by atoms with Crippen LogP contribution in [0.1, 0.15) is 97.8 Å². The lowest BCUT2D eigenvalue weighted by atomic mass is 10.1. The van der Waals surface area contributed by atoms with Crippen LogP contribution >= 0.6 is 0 Å². The molecule has 2 aliphatic heterocycles. The van der Waals surface area contributed by atoms with Gasteiger partial charge >= 0.3 is 0 Å². The van der Waals surface area contributed by atoms with E-state index in [1.54, 1.807) is 24.3 Å². The summed E-state index contributed by atoms with van der Waals surface area (Å²) in [6.07, 6.45) is 10.4. The van der Waals surface area contributed by atoms with Crippen LogP contribution in [0.3, 0.4) is 0 Å². The van der Waals surface area contributed by atoms with E-state index in [1.165, 1.54) is 9.80 Å². The van der Waals surface area contributed by atoms with Crippen molar-refractivity contribution in [1.82, 2.24) is 9.80 Å². The molecule has 2 aliphatic rings. The fourth-order valence-electron chi connectivity index (χ4n) is 4.17. The largest absolute Gasteiger partial charge is 0.279 e. The fraction of sp³-hybridized carbons (Fsp3) is 0.583. The molecule has 2 heterocycles. The van der Waals surface area contributed by atoms with Crippen molar-refractivity contribution < 1.29 is 19.2 Å². The predicted octanol–water partition coefficient (Wildman–Crippen LogP) is 4.33. The number of nitrogens with zero attached hydrogens (tertiary/aromatic N) is 2. The van der Waals surface area contributed by atoms with Crippen LogP contribution in [-0.4, -0.2) is 46.5 Å². The summed E-state index contributed by atoms with van der Waals surface area (Å²) in [5.41, 5.74) is 0.796. The molecule has 0 N–H and O–H groups in total. The van der Waals surface area contributed by atoms with Gasteiger partial charge in [0.1, 0.15) is 0 Å². The number of carbonyl (C=O) groups excluding carboxylic acids is 4. The molecular weight excluding hydrogens is 380 g/mol. The summed E-state index contributed by atoms with van der Waals surface area (Å²) < 4.78 is 0. The normalized spacial score (nSPS) is 19.7. The molecule has 1 aromatic rings. The maximum Gasteiger partial charge on any atom is 0.260 e. The fourth-order valence-corrected chi connectivity index (χ4v) is 4.17. The van der Waals surface area contributed by atoms with Gasteiger partial charge in [-0.15, -0.1) is 0 Å². The van der Waals surface area contributed by atoms with Crippen LogP contribution in [0.4, 0.5) is 0 Å². The minimum atomic E-state index is -0.306. The molecule has 0 unspecified atom stereocenters. The lowest BCUT2D eigenvalue weighted by molar-refractivity contribution is -0.129. The van der Waals surface area contributed by atoms with Gasteiger partial charge in [-0.25, -0.2) is 0 Å².